The average Bonchev–Trinajstić information content (AvgIpc) is 2.47. The van der Waals surface area contributed by atoms with Gasteiger partial charge in [0.2, 0.25) is 0 Å². The Labute approximate surface area is 127 Å². The molecule has 0 aromatic heterocycles. The van der Waals surface area contributed by atoms with Gasteiger partial charge in [-0.3, -0.25) is 0 Å². The number of methoxy groups -OCH3 is 1. The Bertz CT molecular complexity index is 682. The molecule has 2 aromatic carbocycles. The first-order valence-corrected chi connectivity index (χ1v) is 7.15. The Kier molecular flexibility index (Phi) is 4.65. The highest BCUT2D eigenvalue weighted by Crippen LogP contribution is 2.29. The number of rotatable bonds is 4. The van der Waals surface area contributed by atoms with E-state index >= 15 is 0 Å². The first kappa shape index (κ1) is 15.1. The molecule has 1 atom stereocenters. The maximum atomic E-state index is 9.60. The number of benzene rings is 2. The van der Waals surface area contributed by atoms with Crippen molar-refractivity contribution in [2.24, 2.45) is 0 Å². The smallest absolute Gasteiger partial charge is 0.122 e. The van der Waals surface area contributed by atoms with Crippen LogP contribution in [0.5, 0.6) is 5.75 Å². The minimum Gasteiger partial charge on any atom is -0.496 e. The summed E-state index contributed by atoms with van der Waals surface area (Å²) in [4.78, 5) is 0. The van der Waals surface area contributed by atoms with E-state index in [0.29, 0.717) is 6.42 Å². The van der Waals surface area contributed by atoms with Crippen LogP contribution in [0.3, 0.4) is 0 Å². The second kappa shape index (κ2) is 6.45. The molecule has 0 aliphatic carbocycles. The van der Waals surface area contributed by atoms with E-state index in [9.17, 15) is 5.26 Å². The van der Waals surface area contributed by atoms with E-state index in [2.05, 4.69) is 51.1 Å². The summed E-state index contributed by atoms with van der Waals surface area (Å²) in [6, 6.07) is 14.8. The fraction of sp³-hybridized carbons (Fsp3) is 0.316. The summed E-state index contributed by atoms with van der Waals surface area (Å²) in [5, 5.41) is 9.60. The van der Waals surface area contributed by atoms with E-state index in [-0.39, 0.29) is 5.92 Å². The van der Waals surface area contributed by atoms with Crippen LogP contribution in [-0.4, -0.2) is 7.11 Å². The molecule has 108 valence electrons. The molecule has 2 rings (SSSR count). The van der Waals surface area contributed by atoms with Crippen molar-refractivity contribution in [2.45, 2.75) is 33.1 Å². The number of nitriles is 1. The predicted octanol–water partition coefficient (Wildman–Crippen LogP) is 4.47. The molecule has 0 saturated carbocycles. The Balaban J connectivity index is 2.38. The summed E-state index contributed by atoms with van der Waals surface area (Å²) < 4.78 is 5.43. The van der Waals surface area contributed by atoms with Gasteiger partial charge in [-0.25, -0.2) is 0 Å². The van der Waals surface area contributed by atoms with Gasteiger partial charge in [0.05, 0.1) is 19.1 Å². The highest BCUT2D eigenvalue weighted by Gasteiger charge is 2.16. The average molecular weight is 279 g/mol. The predicted molar refractivity (Wildman–Crippen MR) is 85.7 cm³/mol. The number of nitrogens with zero attached hydrogens (tertiary/aromatic N) is 1. The van der Waals surface area contributed by atoms with E-state index in [1.54, 1.807) is 7.11 Å². The summed E-state index contributed by atoms with van der Waals surface area (Å²) in [6.07, 6.45) is 0.672. The maximum absolute atomic E-state index is 9.60. The molecule has 0 spiro atoms. The summed E-state index contributed by atoms with van der Waals surface area (Å²) >= 11 is 0. The second-order valence-electron chi connectivity index (χ2n) is 5.56. The Hall–Kier alpha value is -2.27. The monoisotopic (exact) mass is 279 g/mol. The number of aryl methyl sites for hydroxylation is 3. The summed E-state index contributed by atoms with van der Waals surface area (Å²) in [7, 11) is 1.67. The third-order valence-corrected chi connectivity index (χ3v) is 3.83. The topological polar surface area (TPSA) is 33.0 Å². The number of ether oxygens (including phenoxy) is 1. The highest BCUT2D eigenvalue weighted by atomic mass is 16.5. The van der Waals surface area contributed by atoms with E-state index in [4.69, 9.17) is 4.74 Å². The van der Waals surface area contributed by atoms with Crippen molar-refractivity contribution in [2.75, 3.05) is 7.11 Å². The number of hydrogen-bond acceptors (Lipinski definition) is 2. The number of hydrogen-bond donors (Lipinski definition) is 0. The Morgan fingerprint density at radius 1 is 1.05 bits per heavy atom. The van der Waals surface area contributed by atoms with Gasteiger partial charge < -0.3 is 4.74 Å². The van der Waals surface area contributed by atoms with Gasteiger partial charge in [-0.05, 0) is 49.9 Å². The molecule has 0 aliphatic heterocycles. The van der Waals surface area contributed by atoms with E-state index in [1.807, 2.05) is 12.1 Å². The van der Waals surface area contributed by atoms with Crippen LogP contribution < -0.4 is 4.74 Å². The van der Waals surface area contributed by atoms with Gasteiger partial charge in [-0.15, -0.1) is 0 Å². The van der Waals surface area contributed by atoms with Crippen LogP contribution in [-0.2, 0) is 6.42 Å². The Morgan fingerprint density at radius 2 is 1.71 bits per heavy atom. The minimum atomic E-state index is -0.152. The van der Waals surface area contributed by atoms with Crippen molar-refractivity contribution < 1.29 is 4.74 Å². The molecule has 2 heteroatoms. The third-order valence-electron chi connectivity index (χ3n) is 3.83. The SMILES string of the molecule is COc1ccc(C)cc1CC(C#N)c1cc(C)ccc1C. The standard InChI is InChI=1S/C19H21NO/c1-13-6-8-19(21-4)16(9-13)11-17(12-20)18-10-14(2)5-7-15(18)3/h5-10,17H,11H2,1-4H3. The third kappa shape index (κ3) is 3.44. The van der Waals surface area contributed by atoms with Gasteiger partial charge >= 0.3 is 0 Å². The van der Waals surface area contributed by atoms with Gasteiger partial charge in [-0.1, -0.05) is 41.5 Å². The molecule has 0 bridgehead atoms. The van der Waals surface area contributed by atoms with Gasteiger partial charge in [0.1, 0.15) is 5.75 Å². The molecule has 1 unspecified atom stereocenters. The van der Waals surface area contributed by atoms with Crippen molar-refractivity contribution in [3.8, 4) is 11.8 Å². The summed E-state index contributed by atoms with van der Waals surface area (Å²) in [6.45, 7) is 6.18. The normalized spacial score (nSPS) is 11.8. The lowest BCUT2D eigenvalue weighted by atomic mass is 9.88. The maximum Gasteiger partial charge on any atom is 0.122 e. The van der Waals surface area contributed by atoms with Crippen LogP contribution in [0.2, 0.25) is 0 Å². The molecule has 0 aliphatic rings. The second-order valence-corrected chi connectivity index (χ2v) is 5.56. The van der Waals surface area contributed by atoms with Crippen LogP contribution in [0.15, 0.2) is 36.4 Å². The molecule has 21 heavy (non-hydrogen) atoms. The van der Waals surface area contributed by atoms with Crippen molar-refractivity contribution in [3.63, 3.8) is 0 Å². The Morgan fingerprint density at radius 3 is 2.38 bits per heavy atom. The van der Waals surface area contributed by atoms with E-state index in [1.165, 1.54) is 16.7 Å². The van der Waals surface area contributed by atoms with Crippen molar-refractivity contribution in [1.82, 2.24) is 0 Å². The molecule has 0 heterocycles. The van der Waals surface area contributed by atoms with Gasteiger partial charge in [0.15, 0.2) is 0 Å². The molecule has 2 aromatic rings. The summed E-state index contributed by atoms with van der Waals surface area (Å²) in [5.41, 5.74) is 5.74. The van der Waals surface area contributed by atoms with Crippen LogP contribution in [0.25, 0.3) is 0 Å². The quantitative estimate of drug-likeness (QED) is 0.827. The highest BCUT2D eigenvalue weighted by molar-refractivity contribution is 5.42. The molecule has 0 amide bonds. The summed E-state index contributed by atoms with van der Waals surface area (Å²) in [5.74, 6) is 0.701. The van der Waals surface area contributed by atoms with Gasteiger partial charge in [0.25, 0.3) is 0 Å². The minimum absolute atomic E-state index is 0.152. The molecule has 2 nitrogen and oxygen atoms in total. The van der Waals surface area contributed by atoms with Crippen LogP contribution in [0.1, 0.15) is 33.7 Å². The van der Waals surface area contributed by atoms with Crippen LogP contribution in [0.4, 0.5) is 0 Å². The lowest BCUT2D eigenvalue weighted by molar-refractivity contribution is 0.409. The zero-order chi connectivity index (χ0) is 15.4. The molecular weight excluding hydrogens is 258 g/mol. The van der Waals surface area contributed by atoms with E-state index in [0.717, 1.165) is 16.9 Å². The van der Waals surface area contributed by atoms with Crippen LogP contribution in [0, 0.1) is 32.1 Å². The molecule has 0 N–H and O–H groups in total. The fourth-order valence-electron chi connectivity index (χ4n) is 2.65. The fourth-order valence-corrected chi connectivity index (χ4v) is 2.65. The molecular formula is C19H21NO. The molecule has 0 saturated heterocycles. The van der Waals surface area contributed by atoms with Crippen molar-refractivity contribution in [3.05, 3.63) is 64.2 Å². The zero-order valence-corrected chi connectivity index (χ0v) is 13.1. The first-order valence-electron chi connectivity index (χ1n) is 7.15. The van der Waals surface area contributed by atoms with Gasteiger partial charge in [0, 0.05) is 0 Å². The largest absolute Gasteiger partial charge is 0.496 e. The lowest BCUT2D eigenvalue weighted by Gasteiger charge is -2.16. The zero-order valence-electron chi connectivity index (χ0n) is 13.1. The van der Waals surface area contributed by atoms with Gasteiger partial charge in [-0.2, -0.15) is 5.26 Å². The van der Waals surface area contributed by atoms with Crippen molar-refractivity contribution >= 4 is 0 Å². The first-order chi connectivity index (χ1) is 10.0. The lowest BCUT2D eigenvalue weighted by Crippen LogP contribution is -2.05. The van der Waals surface area contributed by atoms with Crippen LogP contribution >= 0.6 is 0 Å². The molecule has 0 fully saturated rings. The molecule has 0 radical (unpaired) electrons. The van der Waals surface area contributed by atoms with Crippen molar-refractivity contribution in [1.29, 1.82) is 5.26 Å². The van der Waals surface area contributed by atoms with E-state index < -0.39 is 0 Å².